The molecule has 0 fully saturated rings. The number of hydrogen-bond donors (Lipinski definition) is 1. The average molecular weight is 312 g/mol. The van der Waals surface area contributed by atoms with E-state index in [1.807, 2.05) is 0 Å². The van der Waals surface area contributed by atoms with Gasteiger partial charge in [0.25, 0.3) is 0 Å². The molecule has 1 aromatic carbocycles. The SMILES string of the molecule is CC1C=CC=C2NC3=c4ccccc4=C4C(=CC=CC4C)C3N=C21. The highest BCUT2D eigenvalue weighted by molar-refractivity contribution is 6.07. The lowest BCUT2D eigenvalue weighted by Gasteiger charge is -2.36. The van der Waals surface area contributed by atoms with Crippen LogP contribution in [0.15, 0.2) is 77.0 Å². The Morgan fingerprint density at radius 1 is 0.917 bits per heavy atom. The molecule has 4 aliphatic rings. The molecule has 2 heteroatoms. The minimum atomic E-state index is 0.0865. The lowest BCUT2D eigenvalue weighted by Crippen LogP contribution is -2.48. The summed E-state index contributed by atoms with van der Waals surface area (Å²) in [5, 5.41) is 6.35. The maximum Gasteiger partial charge on any atom is 0.116 e. The Morgan fingerprint density at radius 2 is 1.67 bits per heavy atom. The van der Waals surface area contributed by atoms with Crippen molar-refractivity contribution in [3.8, 4) is 0 Å². The van der Waals surface area contributed by atoms with Gasteiger partial charge in [0, 0.05) is 17.1 Å². The van der Waals surface area contributed by atoms with Crippen LogP contribution in [0.2, 0.25) is 0 Å². The number of allylic oxidation sites excluding steroid dienone is 7. The first-order valence-electron chi connectivity index (χ1n) is 8.70. The highest BCUT2D eigenvalue weighted by atomic mass is 15.0. The monoisotopic (exact) mass is 312 g/mol. The molecule has 0 amide bonds. The van der Waals surface area contributed by atoms with Crippen molar-refractivity contribution in [1.29, 1.82) is 0 Å². The van der Waals surface area contributed by atoms with E-state index >= 15 is 0 Å². The van der Waals surface area contributed by atoms with Gasteiger partial charge >= 0.3 is 0 Å². The minimum Gasteiger partial charge on any atom is -0.355 e. The van der Waals surface area contributed by atoms with Gasteiger partial charge in [-0.25, -0.2) is 0 Å². The van der Waals surface area contributed by atoms with Crippen molar-refractivity contribution >= 4 is 17.0 Å². The average Bonchev–Trinajstić information content (AvgIpc) is 2.61. The van der Waals surface area contributed by atoms with Crippen LogP contribution in [0.3, 0.4) is 0 Å². The Balaban J connectivity index is 1.87. The van der Waals surface area contributed by atoms with Gasteiger partial charge in [-0.1, -0.05) is 68.5 Å². The molecular weight excluding hydrogens is 292 g/mol. The minimum absolute atomic E-state index is 0.0865. The first kappa shape index (κ1) is 13.8. The summed E-state index contributed by atoms with van der Waals surface area (Å²) in [6, 6.07) is 8.82. The molecule has 24 heavy (non-hydrogen) atoms. The molecule has 1 aromatic rings. The summed E-state index contributed by atoms with van der Waals surface area (Å²) in [6.07, 6.45) is 13.2. The smallest absolute Gasteiger partial charge is 0.116 e. The van der Waals surface area contributed by atoms with E-state index in [4.69, 9.17) is 4.99 Å². The van der Waals surface area contributed by atoms with Crippen LogP contribution >= 0.6 is 0 Å². The van der Waals surface area contributed by atoms with Gasteiger partial charge in [-0.15, -0.1) is 0 Å². The zero-order valence-corrected chi connectivity index (χ0v) is 14.0. The van der Waals surface area contributed by atoms with E-state index in [2.05, 4.69) is 79.9 Å². The summed E-state index contributed by atoms with van der Waals surface area (Å²) in [7, 11) is 0. The van der Waals surface area contributed by atoms with E-state index in [-0.39, 0.29) is 6.04 Å². The zero-order valence-electron chi connectivity index (χ0n) is 14.0. The fourth-order valence-corrected chi connectivity index (χ4v) is 4.26. The van der Waals surface area contributed by atoms with Gasteiger partial charge in [0.2, 0.25) is 0 Å². The molecule has 1 aliphatic heterocycles. The molecule has 3 atom stereocenters. The maximum absolute atomic E-state index is 5.20. The van der Waals surface area contributed by atoms with Crippen molar-refractivity contribution in [1.82, 2.24) is 5.32 Å². The molecule has 118 valence electrons. The lowest BCUT2D eigenvalue weighted by atomic mass is 9.78. The van der Waals surface area contributed by atoms with E-state index < -0.39 is 0 Å². The topological polar surface area (TPSA) is 24.4 Å². The Morgan fingerprint density at radius 3 is 2.54 bits per heavy atom. The number of benzene rings is 1. The lowest BCUT2D eigenvalue weighted by molar-refractivity contribution is 0.806. The van der Waals surface area contributed by atoms with E-state index in [9.17, 15) is 0 Å². The molecule has 2 nitrogen and oxygen atoms in total. The predicted molar refractivity (Wildman–Crippen MR) is 99.6 cm³/mol. The number of hydrogen-bond acceptors (Lipinski definition) is 2. The zero-order chi connectivity index (χ0) is 16.3. The van der Waals surface area contributed by atoms with Crippen molar-refractivity contribution < 1.29 is 0 Å². The van der Waals surface area contributed by atoms with Crippen molar-refractivity contribution in [2.24, 2.45) is 16.8 Å². The van der Waals surface area contributed by atoms with Gasteiger partial charge < -0.3 is 5.32 Å². The molecule has 5 rings (SSSR count). The van der Waals surface area contributed by atoms with Crippen molar-refractivity contribution in [2.75, 3.05) is 0 Å². The number of nitrogens with one attached hydrogen (secondary N) is 1. The van der Waals surface area contributed by atoms with Gasteiger partial charge in [-0.3, -0.25) is 4.99 Å². The van der Waals surface area contributed by atoms with E-state index in [0.717, 1.165) is 5.70 Å². The summed E-state index contributed by atoms with van der Waals surface area (Å²) >= 11 is 0. The van der Waals surface area contributed by atoms with Crippen molar-refractivity contribution in [2.45, 2.75) is 19.9 Å². The predicted octanol–water partition coefficient (Wildman–Crippen LogP) is 2.59. The van der Waals surface area contributed by atoms with Crippen LogP contribution in [0.5, 0.6) is 0 Å². The van der Waals surface area contributed by atoms with Gasteiger partial charge in [0.1, 0.15) is 6.04 Å². The molecule has 1 heterocycles. The van der Waals surface area contributed by atoms with Gasteiger partial charge in [0.15, 0.2) is 0 Å². The van der Waals surface area contributed by atoms with Gasteiger partial charge in [-0.2, -0.15) is 0 Å². The fraction of sp³-hybridized carbons (Fsp3) is 0.227. The molecule has 0 radical (unpaired) electrons. The van der Waals surface area contributed by atoms with E-state index in [1.165, 1.54) is 33.0 Å². The number of rotatable bonds is 0. The first-order chi connectivity index (χ1) is 11.7. The van der Waals surface area contributed by atoms with Crippen molar-refractivity contribution in [3.05, 3.63) is 82.4 Å². The third kappa shape index (κ3) is 1.80. The summed E-state index contributed by atoms with van der Waals surface area (Å²) in [5.41, 5.74) is 6.32. The van der Waals surface area contributed by atoms with Crippen LogP contribution in [0.4, 0.5) is 0 Å². The third-order valence-electron chi connectivity index (χ3n) is 5.42. The van der Waals surface area contributed by atoms with Crippen LogP contribution in [0, 0.1) is 11.8 Å². The molecule has 3 unspecified atom stereocenters. The molecule has 0 aromatic heterocycles. The standard InChI is InChI=1S/C22H20N2/c1-13-7-5-11-17-19(13)15-9-3-4-10-16(15)21-22(17)24-20-14(2)8-6-12-18(20)23-21/h3-14,22-23H,1-2H3. The molecule has 0 bridgehead atoms. The highest BCUT2D eigenvalue weighted by Crippen LogP contribution is 2.36. The summed E-state index contributed by atoms with van der Waals surface area (Å²) < 4.78 is 0. The first-order valence-corrected chi connectivity index (χ1v) is 8.70. The second kappa shape index (κ2) is 4.94. The van der Waals surface area contributed by atoms with Gasteiger partial charge in [-0.05, 0) is 22.4 Å². The van der Waals surface area contributed by atoms with Gasteiger partial charge in [0.05, 0.1) is 17.1 Å². The summed E-state index contributed by atoms with van der Waals surface area (Å²) in [4.78, 5) is 5.20. The van der Waals surface area contributed by atoms with Crippen LogP contribution in [-0.4, -0.2) is 11.8 Å². The Bertz CT molecular complexity index is 1010. The molecule has 3 aliphatic carbocycles. The number of aliphatic imine (C=N–C) groups is 1. The quantitative estimate of drug-likeness (QED) is 0.782. The van der Waals surface area contributed by atoms with Crippen LogP contribution in [0.25, 0.3) is 11.3 Å². The molecule has 1 N–H and O–H groups in total. The maximum atomic E-state index is 5.20. The highest BCUT2D eigenvalue weighted by Gasteiger charge is 2.34. The second-order valence-corrected chi connectivity index (χ2v) is 6.96. The molecular formula is C22H20N2. The molecule has 0 saturated heterocycles. The van der Waals surface area contributed by atoms with Crippen LogP contribution < -0.4 is 15.8 Å². The van der Waals surface area contributed by atoms with E-state index in [0.29, 0.717) is 11.8 Å². The molecule has 0 spiro atoms. The third-order valence-corrected chi connectivity index (χ3v) is 5.42. The summed E-state index contributed by atoms with van der Waals surface area (Å²) in [6.45, 7) is 4.50. The Kier molecular flexibility index (Phi) is 2.84. The van der Waals surface area contributed by atoms with E-state index in [1.54, 1.807) is 0 Å². The molecule has 0 saturated carbocycles. The van der Waals surface area contributed by atoms with Crippen molar-refractivity contribution in [3.63, 3.8) is 0 Å². The normalized spacial score (nSPS) is 29.4. The number of fused-ring (bicyclic) bond motifs is 5. The summed E-state index contributed by atoms with van der Waals surface area (Å²) in [5.74, 6) is 0.783. The van der Waals surface area contributed by atoms with Crippen LogP contribution in [0.1, 0.15) is 13.8 Å². The Hall–Kier alpha value is -2.61. The second-order valence-electron chi connectivity index (χ2n) is 6.96. The Labute approximate surface area is 142 Å². The van der Waals surface area contributed by atoms with Crippen LogP contribution in [-0.2, 0) is 0 Å². The largest absolute Gasteiger partial charge is 0.355 e. The fourth-order valence-electron chi connectivity index (χ4n) is 4.26. The number of nitrogens with zero attached hydrogens (tertiary/aromatic N) is 1.